The van der Waals surface area contributed by atoms with Crippen molar-refractivity contribution in [2.45, 2.75) is 0 Å². The Balaban J connectivity index is 0. The molecule has 0 saturated heterocycles. The van der Waals surface area contributed by atoms with Crippen molar-refractivity contribution in [1.29, 1.82) is 0 Å². The van der Waals surface area contributed by atoms with E-state index in [4.69, 9.17) is 1.37 Å². The van der Waals surface area contributed by atoms with Crippen molar-refractivity contribution in [2.75, 3.05) is 14.3 Å². The summed E-state index contributed by atoms with van der Waals surface area (Å²) in [4.78, 5) is 0. The molecule has 0 aromatic rings. The van der Waals surface area contributed by atoms with Gasteiger partial charge >= 0.3 is 0 Å². The predicted molar refractivity (Wildman–Crippen MR) is 14.1 cm³/mol. The van der Waals surface area contributed by atoms with Crippen LogP contribution in [-0.2, 0) is 0 Å². The fraction of sp³-hybridized carbons (Fsp3) is 1.00. The molecule has 0 N–H and O–H groups in total. The van der Waals surface area contributed by atoms with E-state index in [-0.39, 0.29) is 0 Å². The second-order valence-electron chi connectivity index (χ2n) is 0. The van der Waals surface area contributed by atoms with Crippen molar-refractivity contribution in [3.05, 3.63) is 0 Å². The molecule has 0 bridgehead atoms. The molecule has 0 atom stereocenters. The van der Waals surface area contributed by atoms with E-state index in [1.807, 2.05) is 0 Å². The van der Waals surface area contributed by atoms with Crippen LogP contribution in [0, 0.1) is 0 Å². The first-order valence-corrected chi connectivity index (χ1v) is 0.645. The molecule has 0 rings (SSSR count). The summed E-state index contributed by atoms with van der Waals surface area (Å²) in [7, 11) is -0.500. The van der Waals surface area contributed by atoms with Gasteiger partial charge in [-0.25, -0.2) is 0 Å². The third kappa shape index (κ3) is 70.2. The molecule has 28 valence electrons. The highest BCUT2D eigenvalue weighted by atomic mass is 19.1. The zero-order valence-corrected chi connectivity index (χ0v) is 2.46. The lowest BCUT2D eigenvalue weighted by molar-refractivity contribution is 0.635. The van der Waals surface area contributed by atoms with Gasteiger partial charge < -0.3 is 0 Å². The highest BCUT2D eigenvalue weighted by Crippen LogP contribution is 1.16. The summed E-state index contributed by atoms with van der Waals surface area (Å²) in [5.41, 5.74) is 0. The fourth-order valence-electron chi connectivity index (χ4n) is 0. The third-order valence-electron chi connectivity index (χ3n) is 0. The van der Waals surface area contributed by atoms with Crippen LogP contribution in [0.5, 0.6) is 0 Å². The zero-order valence-electron chi connectivity index (χ0n) is 3.46. The quantitative estimate of drug-likeness (QED) is 0.401. The average molecular weight is 70.1 g/mol. The number of alkyl halides is 2. The molecule has 0 aromatic carbocycles. The molecule has 0 nitrogen and oxygen atoms in total. The monoisotopic (exact) mass is 70.1 g/mol. The van der Waals surface area contributed by atoms with Gasteiger partial charge in [-0.1, -0.05) is 0 Å². The van der Waals surface area contributed by atoms with Crippen LogP contribution in [0.4, 0.5) is 8.78 Å². The standard InChI is InChI=1S/2CH3F/c2*1-2/h2*1H3/i1T;. The second-order valence-corrected chi connectivity index (χ2v) is 0. The SMILES string of the molecule is CF.[3H]CF. The van der Waals surface area contributed by atoms with E-state index in [0.29, 0.717) is 7.18 Å². The van der Waals surface area contributed by atoms with Gasteiger partial charge in [0.2, 0.25) is 0 Å². The Morgan fingerprint density at radius 1 is 1.50 bits per heavy atom. The summed E-state index contributed by atoms with van der Waals surface area (Å²) in [6.07, 6.45) is 0. The first-order valence-electron chi connectivity index (χ1n) is 1.35. The molecule has 4 heavy (non-hydrogen) atoms. The van der Waals surface area contributed by atoms with E-state index >= 15 is 0 Å². The van der Waals surface area contributed by atoms with Crippen LogP contribution >= 0.6 is 0 Å². The summed E-state index contributed by atoms with van der Waals surface area (Å²) in [6, 6.07) is 0. The first kappa shape index (κ1) is 3.86. The summed E-state index contributed by atoms with van der Waals surface area (Å²) >= 11 is 0. The minimum absolute atomic E-state index is 0.500. The summed E-state index contributed by atoms with van der Waals surface area (Å²) in [6.45, 7) is 0. The lowest BCUT2D eigenvalue weighted by Gasteiger charge is -1.10. The van der Waals surface area contributed by atoms with Gasteiger partial charge in [-0.3, -0.25) is 8.78 Å². The van der Waals surface area contributed by atoms with Crippen LogP contribution in [0.25, 0.3) is 0 Å². The molecule has 0 aliphatic carbocycles. The Bertz CT molecular complexity index is 7.61. The van der Waals surface area contributed by atoms with Gasteiger partial charge in [0, 0.05) is 0 Å². The molecule has 2 heteroatoms. The van der Waals surface area contributed by atoms with Crippen molar-refractivity contribution < 1.29 is 10.2 Å². The molecule has 0 spiro atoms. The molecular formula is C2H6F2. The molecule has 0 radical (unpaired) electrons. The van der Waals surface area contributed by atoms with E-state index in [1.165, 1.54) is 0 Å². The van der Waals surface area contributed by atoms with Crippen LogP contribution in [0.15, 0.2) is 0 Å². The van der Waals surface area contributed by atoms with Crippen molar-refractivity contribution in [3.8, 4) is 0 Å². The number of hydrogen-bond acceptors (Lipinski definition) is 0. The maximum absolute atomic E-state index is 9.96. The smallest absolute Gasteiger partial charge is 0.0785 e. The number of hydrogen-bond donors (Lipinski definition) is 0. The first-order chi connectivity index (χ1) is 2.41. The van der Waals surface area contributed by atoms with E-state index < -0.39 is 7.15 Å². The number of halogens is 2. The Kier molecular flexibility index (Phi) is 487. The van der Waals surface area contributed by atoms with E-state index in [1.54, 1.807) is 0 Å². The molecule has 0 unspecified atom stereocenters. The molecule has 0 heterocycles. The minimum Gasteiger partial charge on any atom is -0.255 e. The normalized spacial score (nSPS) is 6.25. The van der Waals surface area contributed by atoms with Gasteiger partial charge in [-0.05, 0) is 0 Å². The molecule has 0 saturated carbocycles. The summed E-state index contributed by atoms with van der Waals surface area (Å²) < 4.78 is 25.0. The highest BCUT2D eigenvalue weighted by molar-refractivity contribution is 3.23. The van der Waals surface area contributed by atoms with Crippen molar-refractivity contribution in [1.82, 2.24) is 0 Å². The molecule has 0 aliphatic heterocycles. The Labute approximate surface area is 25.8 Å². The van der Waals surface area contributed by atoms with Crippen molar-refractivity contribution >= 4 is 0 Å². The predicted octanol–water partition coefficient (Wildman–Crippen LogP) is 1.17. The molecule has 0 aromatic heterocycles. The van der Waals surface area contributed by atoms with Crippen LogP contribution < -0.4 is 0 Å². The van der Waals surface area contributed by atoms with Gasteiger partial charge in [-0.2, -0.15) is 0 Å². The molecule has 0 amide bonds. The Hall–Kier alpha value is -0.140. The summed E-state index contributed by atoms with van der Waals surface area (Å²) in [5, 5.41) is 0. The van der Waals surface area contributed by atoms with Crippen LogP contribution in [0.3, 0.4) is 0 Å². The zero-order chi connectivity index (χ0) is 4.71. The van der Waals surface area contributed by atoms with Crippen LogP contribution in [0.2, 0.25) is 0 Å². The van der Waals surface area contributed by atoms with E-state index in [9.17, 15) is 8.78 Å². The second kappa shape index (κ2) is 505. The lowest BCUT2D eigenvalue weighted by Crippen LogP contribution is -0.939. The van der Waals surface area contributed by atoms with E-state index in [2.05, 4.69) is 0 Å². The maximum Gasteiger partial charge on any atom is 0.0785 e. The van der Waals surface area contributed by atoms with Crippen molar-refractivity contribution in [2.24, 2.45) is 0 Å². The van der Waals surface area contributed by atoms with Gasteiger partial charge in [0.1, 0.15) is 0 Å². The minimum atomic E-state index is -1.00. The average Bonchev–Trinajstić information content (AvgIpc) is 1.46. The van der Waals surface area contributed by atoms with Gasteiger partial charge in [0.05, 0.1) is 15.7 Å². The van der Waals surface area contributed by atoms with E-state index in [0.717, 1.165) is 0 Å². The topological polar surface area (TPSA) is 0 Å². The van der Waals surface area contributed by atoms with Crippen LogP contribution in [0.1, 0.15) is 1.37 Å². The molecule has 0 fully saturated rings. The highest BCUT2D eigenvalue weighted by Gasteiger charge is 0.928. The maximum atomic E-state index is 9.96. The van der Waals surface area contributed by atoms with Crippen LogP contribution in [-0.4, -0.2) is 14.3 Å². The summed E-state index contributed by atoms with van der Waals surface area (Å²) in [5.74, 6) is 0. The van der Waals surface area contributed by atoms with Crippen molar-refractivity contribution in [3.63, 3.8) is 0 Å². The van der Waals surface area contributed by atoms with Gasteiger partial charge in [0.15, 0.2) is 0 Å². The number of rotatable bonds is 0. The molecular weight excluding hydrogens is 62.0 g/mol. The molecule has 0 aliphatic rings. The fourth-order valence-corrected chi connectivity index (χ4v) is 0. The van der Waals surface area contributed by atoms with Gasteiger partial charge in [0.25, 0.3) is 0 Å². The largest absolute Gasteiger partial charge is 0.255 e. The Morgan fingerprint density at radius 2 is 1.50 bits per heavy atom. The lowest BCUT2D eigenvalue weighted by atomic mass is 11.9. The van der Waals surface area contributed by atoms with Gasteiger partial charge in [-0.15, -0.1) is 0 Å². The Morgan fingerprint density at radius 3 is 1.50 bits per heavy atom. The third-order valence-corrected chi connectivity index (χ3v) is 0.